The zero-order valence-electron chi connectivity index (χ0n) is 11.8. The fourth-order valence-electron chi connectivity index (χ4n) is 1.51. The summed E-state index contributed by atoms with van der Waals surface area (Å²) in [5.41, 5.74) is 11.6. The molecule has 0 saturated carbocycles. The molecule has 0 unspecified atom stereocenters. The van der Waals surface area contributed by atoms with Crippen molar-refractivity contribution in [1.82, 2.24) is 5.32 Å². The highest BCUT2D eigenvalue weighted by molar-refractivity contribution is 5.81. The fraction of sp³-hybridized carbons (Fsp3) is 0.429. The lowest BCUT2D eigenvalue weighted by molar-refractivity contribution is -0.123. The van der Waals surface area contributed by atoms with E-state index in [1.165, 1.54) is 0 Å². The number of hydrogen-bond donors (Lipinski definition) is 3. The van der Waals surface area contributed by atoms with Crippen molar-refractivity contribution in [2.75, 3.05) is 6.61 Å². The van der Waals surface area contributed by atoms with Gasteiger partial charge in [-0.3, -0.25) is 9.59 Å². The largest absolute Gasteiger partial charge is 0.484 e. The maximum absolute atomic E-state index is 11.7. The molecule has 1 rings (SSSR count). The van der Waals surface area contributed by atoms with Gasteiger partial charge in [0.15, 0.2) is 6.61 Å². The van der Waals surface area contributed by atoms with Crippen LogP contribution in [0.25, 0.3) is 0 Å². The van der Waals surface area contributed by atoms with Crippen LogP contribution in [-0.2, 0) is 16.1 Å². The van der Waals surface area contributed by atoms with Gasteiger partial charge in [-0.25, -0.2) is 0 Å². The Morgan fingerprint density at radius 2 is 2.05 bits per heavy atom. The van der Waals surface area contributed by atoms with Crippen molar-refractivity contribution in [1.29, 1.82) is 0 Å². The molecule has 1 aromatic carbocycles. The monoisotopic (exact) mass is 279 g/mol. The summed E-state index contributed by atoms with van der Waals surface area (Å²) < 4.78 is 5.19. The average molecular weight is 279 g/mol. The third-order valence-corrected chi connectivity index (χ3v) is 2.77. The molecule has 1 aromatic rings. The van der Waals surface area contributed by atoms with Crippen molar-refractivity contribution < 1.29 is 14.3 Å². The second kappa shape index (κ2) is 7.49. The first kappa shape index (κ1) is 16.0. The van der Waals surface area contributed by atoms with Gasteiger partial charge >= 0.3 is 0 Å². The summed E-state index contributed by atoms with van der Waals surface area (Å²) in [5, 5.41) is 2.76. The molecular weight excluding hydrogens is 258 g/mol. The van der Waals surface area contributed by atoms with Crippen molar-refractivity contribution >= 4 is 11.8 Å². The lowest BCUT2D eigenvalue weighted by atomic mass is 10.0. The Morgan fingerprint density at radius 1 is 1.35 bits per heavy atom. The summed E-state index contributed by atoms with van der Waals surface area (Å²) in [4.78, 5) is 22.4. The van der Waals surface area contributed by atoms with Gasteiger partial charge in [-0.2, -0.15) is 0 Å². The number of hydrogen-bond acceptors (Lipinski definition) is 4. The Morgan fingerprint density at radius 3 is 2.65 bits per heavy atom. The van der Waals surface area contributed by atoms with Crippen LogP contribution in [0.15, 0.2) is 24.3 Å². The number of nitrogens with two attached hydrogens (primary N) is 2. The molecule has 0 saturated heterocycles. The second-order valence-electron chi connectivity index (χ2n) is 4.89. The molecule has 0 aliphatic rings. The lowest BCUT2D eigenvalue weighted by Gasteiger charge is -2.15. The summed E-state index contributed by atoms with van der Waals surface area (Å²) in [7, 11) is 0. The molecule has 20 heavy (non-hydrogen) atoms. The van der Waals surface area contributed by atoms with Crippen molar-refractivity contribution in [3.8, 4) is 5.75 Å². The third kappa shape index (κ3) is 5.27. The molecule has 0 aromatic heterocycles. The Balaban J connectivity index is 2.54. The number of primary amides is 1. The third-order valence-electron chi connectivity index (χ3n) is 2.77. The summed E-state index contributed by atoms with van der Waals surface area (Å²) in [6.45, 7) is 3.96. The summed E-state index contributed by atoms with van der Waals surface area (Å²) in [6.07, 6.45) is 0. The lowest BCUT2D eigenvalue weighted by Crippen LogP contribution is -2.43. The van der Waals surface area contributed by atoms with Gasteiger partial charge in [0, 0.05) is 6.54 Å². The molecule has 6 nitrogen and oxygen atoms in total. The molecule has 6 heteroatoms. The maximum Gasteiger partial charge on any atom is 0.255 e. The van der Waals surface area contributed by atoms with E-state index in [0.29, 0.717) is 12.3 Å². The summed E-state index contributed by atoms with van der Waals surface area (Å²) >= 11 is 0. The number of nitrogens with one attached hydrogen (secondary N) is 1. The molecule has 5 N–H and O–H groups in total. The zero-order valence-corrected chi connectivity index (χ0v) is 11.8. The first-order valence-electron chi connectivity index (χ1n) is 6.43. The Labute approximate surface area is 118 Å². The zero-order chi connectivity index (χ0) is 15.1. The normalized spacial score (nSPS) is 12.0. The molecular formula is C14H21N3O3. The van der Waals surface area contributed by atoms with Gasteiger partial charge in [0.05, 0.1) is 6.04 Å². The second-order valence-corrected chi connectivity index (χ2v) is 4.89. The number of rotatable bonds is 7. The van der Waals surface area contributed by atoms with E-state index in [4.69, 9.17) is 16.2 Å². The minimum absolute atomic E-state index is 0.0836. The molecule has 2 amide bonds. The van der Waals surface area contributed by atoms with E-state index < -0.39 is 11.9 Å². The summed E-state index contributed by atoms with van der Waals surface area (Å²) in [6, 6.07) is 6.56. The molecule has 0 radical (unpaired) electrons. The molecule has 0 bridgehead atoms. The van der Waals surface area contributed by atoms with Gasteiger partial charge in [0.25, 0.3) is 5.91 Å². The molecule has 0 aliphatic heterocycles. The van der Waals surface area contributed by atoms with Gasteiger partial charge in [0.1, 0.15) is 5.75 Å². The van der Waals surface area contributed by atoms with Crippen LogP contribution in [0.2, 0.25) is 0 Å². The number of amides is 2. The average Bonchev–Trinajstić information content (AvgIpc) is 2.42. The van der Waals surface area contributed by atoms with Crippen molar-refractivity contribution in [3.05, 3.63) is 29.8 Å². The van der Waals surface area contributed by atoms with E-state index >= 15 is 0 Å². The Kier molecular flexibility index (Phi) is 5.99. The highest BCUT2D eigenvalue weighted by Crippen LogP contribution is 2.13. The molecule has 0 heterocycles. The van der Waals surface area contributed by atoms with Crippen LogP contribution in [0, 0.1) is 5.92 Å². The highest BCUT2D eigenvalue weighted by atomic mass is 16.5. The standard InChI is InChI=1S/C14H21N3O3/c1-9(2)13(16)14(19)17-7-10-4-3-5-11(6-10)20-8-12(15)18/h3-6,9,13H,7-8,16H2,1-2H3,(H2,15,18)(H,17,19)/t13-/m0/s1. The smallest absolute Gasteiger partial charge is 0.255 e. The van der Waals surface area contributed by atoms with Crippen LogP contribution >= 0.6 is 0 Å². The van der Waals surface area contributed by atoms with Crippen LogP contribution in [0.4, 0.5) is 0 Å². The van der Waals surface area contributed by atoms with E-state index in [0.717, 1.165) is 5.56 Å². The minimum atomic E-state index is -0.536. The van der Waals surface area contributed by atoms with E-state index in [2.05, 4.69) is 5.32 Å². The Bertz CT molecular complexity index is 474. The van der Waals surface area contributed by atoms with E-state index in [1.807, 2.05) is 19.9 Å². The van der Waals surface area contributed by atoms with E-state index in [1.54, 1.807) is 18.2 Å². The van der Waals surface area contributed by atoms with Crippen LogP contribution in [0.5, 0.6) is 5.75 Å². The van der Waals surface area contributed by atoms with Crippen LogP contribution in [0.3, 0.4) is 0 Å². The van der Waals surface area contributed by atoms with Crippen molar-refractivity contribution in [2.24, 2.45) is 17.4 Å². The van der Waals surface area contributed by atoms with Gasteiger partial charge < -0.3 is 21.5 Å². The Hall–Kier alpha value is -2.08. The fourth-order valence-corrected chi connectivity index (χ4v) is 1.51. The highest BCUT2D eigenvalue weighted by Gasteiger charge is 2.16. The first-order valence-corrected chi connectivity index (χ1v) is 6.43. The molecule has 110 valence electrons. The number of ether oxygens (including phenoxy) is 1. The number of carbonyl (C=O) groups is 2. The predicted octanol–water partition coefficient (Wildman–Crippen LogP) is 0.150. The van der Waals surface area contributed by atoms with Crippen LogP contribution in [0.1, 0.15) is 19.4 Å². The van der Waals surface area contributed by atoms with Crippen LogP contribution in [-0.4, -0.2) is 24.5 Å². The van der Waals surface area contributed by atoms with Crippen LogP contribution < -0.4 is 21.5 Å². The number of carbonyl (C=O) groups excluding carboxylic acids is 2. The topological polar surface area (TPSA) is 107 Å². The molecule has 1 atom stereocenters. The predicted molar refractivity (Wildman–Crippen MR) is 75.8 cm³/mol. The van der Waals surface area contributed by atoms with Gasteiger partial charge in [-0.1, -0.05) is 26.0 Å². The maximum atomic E-state index is 11.7. The quantitative estimate of drug-likeness (QED) is 0.660. The SMILES string of the molecule is CC(C)[C@H](N)C(=O)NCc1cccc(OCC(N)=O)c1. The van der Waals surface area contributed by atoms with Gasteiger partial charge in [-0.05, 0) is 23.6 Å². The van der Waals surface area contributed by atoms with Gasteiger partial charge in [-0.15, -0.1) is 0 Å². The van der Waals surface area contributed by atoms with Crippen molar-refractivity contribution in [3.63, 3.8) is 0 Å². The first-order chi connectivity index (χ1) is 9.40. The number of benzene rings is 1. The van der Waals surface area contributed by atoms with E-state index in [-0.39, 0.29) is 18.4 Å². The minimum Gasteiger partial charge on any atom is -0.484 e. The molecule has 0 aliphatic carbocycles. The molecule has 0 fully saturated rings. The van der Waals surface area contributed by atoms with Gasteiger partial charge in [0.2, 0.25) is 5.91 Å². The molecule has 0 spiro atoms. The van der Waals surface area contributed by atoms with Crippen molar-refractivity contribution in [2.45, 2.75) is 26.4 Å². The van der Waals surface area contributed by atoms with E-state index in [9.17, 15) is 9.59 Å². The summed E-state index contributed by atoms with van der Waals surface area (Å²) in [5.74, 6) is -0.112.